The topological polar surface area (TPSA) is 82.1 Å². The normalized spacial score (nSPS) is 10.5. The van der Waals surface area contributed by atoms with Crippen molar-refractivity contribution in [2.45, 2.75) is 0 Å². The second kappa shape index (κ2) is 8.01. The van der Waals surface area contributed by atoms with Crippen molar-refractivity contribution in [1.82, 2.24) is 0 Å². The maximum absolute atomic E-state index is 12.6. The van der Waals surface area contributed by atoms with Crippen LogP contribution in [0.5, 0.6) is 17.2 Å². The zero-order valence-corrected chi connectivity index (χ0v) is 14.1. The molecule has 25 heavy (non-hydrogen) atoms. The van der Waals surface area contributed by atoms with Gasteiger partial charge < -0.3 is 19.3 Å². The van der Waals surface area contributed by atoms with Crippen LogP contribution in [0.1, 0.15) is 26.3 Å². The molecule has 130 valence electrons. The third kappa shape index (κ3) is 4.17. The molecule has 0 unspecified atom stereocenters. The predicted molar refractivity (Wildman–Crippen MR) is 92.9 cm³/mol. The number of methoxy groups -OCH3 is 3. The first-order valence-corrected chi connectivity index (χ1v) is 7.36. The Morgan fingerprint density at radius 3 is 2.12 bits per heavy atom. The number of aromatic carboxylic acids is 1. The summed E-state index contributed by atoms with van der Waals surface area (Å²) in [7, 11) is 4.40. The Balaban J connectivity index is 2.37. The van der Waals surface area contributed by atoms with Crippen molar-refractivity contribution >= 4 is 17.8 Å². The van der Waals surface area contributed by atoms with E-state index in [9.17, 15) is 9.59 Å². The molecule has 0 aliphatic carbocycles. The van der Waals surface area contributed by atoms with Gasteiger partial charge in [-0.15, -0.1) is 0 Å². The largest absolute Gasteiger partial charge is 0.496 e. The molecule has 0 radical (unpaired) electrons. The van der Waals surface area contributed by atoms with Gasteiger partial charge in [0.15, 0.2) is 5.78 Å². The minimum Gasteiger partial charge on any atom is -0.496 e. The molecular formula is C19H18O6. The predicted octanol–water partition coefficient (Wildman–Crippen LogP) is 3.31. The summed E-state index contributed by atoms with van der Waals surface area (Å²) < 4.78 is 15.7. The molecule has 0 spiro atoms. The van der Waals surface area contributed by atoms with E-state index in [4.69, 9.17) is 19.3 Å². The number of hydrogen-bond acceptors (Lipinski definition) is 5. The van der Waals surface area contributed by atoms with Crippen LogP contribution >= 0.6 is 0 Å². The molecule has 2 aromatic carbocycles. The average molecular weight is 342 g/mol. The lowest BCUT2D eigenvalue weighted by atomic mass is 10.1. The lowest BCUT2D eigenvalue weighted by Crippen LogP contribution is -2.03. The third-order valence-electron chi connectivity index (χ3n) is 3.52. The molecule has 0 heterocycles. The first-order valence-electron chi connectivity index (χ1n) is 7.36. The van der Waals surface area contributed by atoms with E-state index in [1.54, 1.807) is 24.3 Å². The third-order valence-corrected chi connectivity index (χ3v) is 3.52. The minimum absolute atomic E-state index is 0.147. The van der Waals surface area contributed by atoms with Gasteiger partial charge in [-0.2, -0.15) is 0 Å². The van der Waals surface area contributed by atoms with E-state index in [2.05, 4.69) is 0 Å². The molecule has 0 amide bonds. The number of hydrogen-bond donors (Lipinski definition) is 1. The molecule has 2 aromatic rings. The van der Waals surface area contributed by atoms with Crippen molar-refractivity contribution in [3.05, 3.63) is 59.2 Å². The van der Waals surface area contributed by atoms with E-state index in [1.807, 2.05) is 0 Å². The van der Waals surface area contributed by atoms with Crippen LogP contribution in [0, 0.1) is 0 Å². The molecule has 1 N–H and O–H groups in total. The Labute approximate surface area is 145 Å². The zero-order valence-electron chi connectivity index (χ0n) is 14.1. The zero-order chi connectivity index (χ0) is 18.4. The molecule has 0 atom stereocenters. The van der Waals surface area contributed by atoms with Gasteiger partial charge in [0, 0.05) is 12.1 Å². The summed E-state index contributed by atoms with van der Waals surface area (Å²) in [6.45, 7) is 0. The quantitative estimate of drug-likeness (QED) is 0.614. The fourth-order valence-electron chi connectivity index (χ4n) is 2.28. The molecule has 0 saturated heterocycles. The molecule has 0 aliphatic rings. The minimum atomic E-state index is -1.03. The van der Waals surface area contributed by atoms with Gasteiger partial charge in [0.05, 0.1) is 26.9 Å². The van der Waals surface area contributed by atoms with Gasteiger partial charge in [0.1, 0.15) is 22.8 Å². The first kappa shape index (κ1) is 18.1. The molecule has 0 bridgehead atoms. The van der Waals surface area contributed by atoms with Gasteiger partial charge in [0.25, 0.3) is 0 Å². The van der Waals surface area contributed by atoms with E-state index in [0.717, 1.165) is 0 Å². The first-order chi connectivity index (χ1) is 12.0. The number of carbonyl (C=O) groups is 2. The molecule has 0 aliphatic heterocycles. The fourth-order valence-corrected chi connectivity index (χ4v) is 2.28. The average Bonchev–Trinajstić information content (AvgIpc) is 2.64. The van der Waals surface area contributed by atoms with Gasteiger partial charge in [-0.25, -0.2) is 4.79 Å². The molecule has 2 rings (SSSR count). The van der Waals surface area contributed by atoms with E-state index >= 15 is 0 Å². The highest BCUT2D eigenvalue weighted by molar-refractivity contribution is 6.10. The second-order valence-electron chi connectivity index (χ2n) is 5.04. The van der Waals surface area contributed by atoms with Crippen molar-refractivity contribution in [2.75, 3.05) is 21.3 Å². The van der Waals surface area contributed by atoms with Crippen LogP contribution in [0.2, 0.25) is 0 Å². The summed E-state index contributed by atoms with van der Waals surface area (Å²) >= 11 is 0. The lowest BCUT2D eigenvalue weighted by molar-refractivity contribution is 0.0696. The van der Waals surface area contributed by atoms with Gasteiger partial charge >= 0.3 is 5.97 Å². The Hall–Kier alpha value is -3.28. The Morgan fingerprint density at radius 1 is 0.960 bits per heavy atom. The van der Waals surface area contributed by atoms with Crippen molar-refractivity contribution < 1.29 is 28.9 Å². The smallest absolute Gasteiger partial charge is 0.335 e. The van der Waals surface area contributed by atoms with E-state index < -0.39 is 5.97 Å². The summed E-state index contributed by atoms with van der Waals surface area (Å²) in [6.07, 6.45) is 2.88. The highest BCUT2D eigenvalue weighted by atomic mass is 16.5. The molecule has 6 heteroatoms. The maximum Gasteiger partial charge on any atom is 0.335 e. The van der Waals surface area contributed by atoms with Crippen LogP contribution < -0.4 is 14.2 Å². The molecule has 0 saturated carbocycles. The van der Waals surface area contributed by atoms with Crippen molar-refractivity contribution in [3.8, 4) is 17.2 Å². The summed E-state index contributed by atoms with van der Waals surface area (Å²) in [5.74, 6) is -0.212. The van der Waals surface area contributed by atoms with Crippen LogP contribution in [-0.2, 0) is 0 Å². The summed E-state index contributed by atoms with van der Waals surface area (Å²) in [5.41, 5.74) is 1.00. The summed E-state index contributed by atoms with van der Waals surface area (Å²) in [5, 5.41) is 9.01. The molecule has 0 fully saturated rings. The van der Waals surface area contributed by atoms with Crippen LogP contribution in [0.15, 0.2) is 42.5 Å². The van der Waals surface area contributed by atoms with Crippen LogP contribution in [-0.4, -0.2) is 38.2 Å². The van der Waals surface area contributed by atoms with Crippen molar-refractivity contribution in [2.24, 2.45) is 0 Å². The lowest BCUT2D eigenvalue weighted by Gasteiger charge is -2.13. The van der Waals surface area contributed by atoms with E-state index in [0.29, 0.717) is 22.8 Å². The fraction of sp³-hybridized carbons (Fsp3) is 0.158. The summed E-state index contributed by atoms with van der Waals surface area (Å²) in [4.78, 5) is 23.6. The number of allylic oxidation sites excluding steroid dienone is 1. The monoisotopic (exact) mass is 342 g/mol. The number of rotatable bonds is 7. The standard InChI is InChI=1S/C19H18O6/c1-23-14-10-16(24-2)18(17(11-14)25-3)15(20)8-7-12-5-4-6-13(9-12)19(21)22/h4-11H,1-3H3,(H,21,22). The van der Waals surface area contributed by atoms with Gasteiger partial charge in [0.2, 0.25) is 0 Å². The van der Waals surface area contributed by atoms with Crippen molar-refractivity contribution in [3.63, 3.8) is 0 Å². The molecule has 0 aromatic heterocycles. The Bertz CT molecular complexity index is 797. The SMILES string of the molecule is COc1cc(OC)c(C(=O)C=Cc2cccc(C(=O)O)c2)c(OC)c1. The van der Waals surface area contributed by atoms with E-state index in [1.165, 1.54) is 45.6 Å². The highest BCUT2D eigenvalue weighted by Crippen LogP contribution is 2.34. The Morgan fingerprint density at radius 2 is 1.60 bits per heavy atom. The highest BCUT2D eigenvalue weighted by Gasteiger charge is 2.18. The van der Waals surface area contributed by atoms with Crippen LogP contribution in [0.4, 0.5) is 0 Å². The molecule has 6 nitrogen and oxygen atoms in total. The number of carboxylic acids is 1. The Kier molecular flexibility index (Phi) is 5.79. The molecular weight excluding hydrogens is 324 g/mol. The maximum atomic E-state index is 12.6. The van der Waals surface area contributed by atoms with Crippen LogP contribution in [0.25, 0.3) is 6.08 Å². The van der Waals surface area contributed by atoms with Gasteiger partial charge in [-0.05, 0) is 23.8 Å². The second-order valence-corrected chi connectivity index (χ2v) is 5.04. The number of benzene rings is 2. The van der Waals surface area contributed by atoms with Gasteiger partial charge in [-0.1, -0.05) is 18.2 Å². The number of ether oxygens (including phenoxy) is 3. The van der Waals surface area contributed by atoms with Crippen LogP contribution in [0.3, 0.4) is 0 Å². The summed E-state index contributed by atoms with van der Waals surface area (Å²) in [6, 6.07) is 9.47. The van der Waals surface area contributed by atoms with Crippen molar-refractivity contribution in [1.29, 1.82) is 0 Å². The number of carboxylic acid groups (broad SMARTS) is 1. The van der Waals surface area contributed by atoms with Gasteiger partial charge in [-0.3, -0.25) is 4.79 Å². The van der Waals surface area contributed by atoms with E-state index in [-0.39, 0.29) is 16.9 Å². The number of ketones is 1. The number of carbonyl (C=O) groups excluding carboxylic acids is 1.